The van der Waals surface area contributed by atoms with E-state index in [1.807, 2.05) is 4.90 Å². The number of aromatic nitrogens is 1. The number of nitrogens with one attached hydrogen (secondary N) is 1. The molecule has 3 rings (SSSR count). The van der Waals surface area contributed by atoms with Crippen molar-refractivity contribution in [3.8, 4) is 0 Å². The monoisotopic (exact) mass is 429 g/mol. The van der Waals surface area contributed by atoms with Crippen LogP contribution in [-0.4, -0.2) is 69.1 Å². The third-order valence-corrected chi connectivity index (χ3v) is 6.91. The summed E-state index contributed by atoms with van der Waals surface area (Å²) in [5.41, 5.74) is 0.0773. The van der Waals surface area contributed by atoms with Gasteiger partial charge in [0.25, 0.3) is 5.91 Å². The van der Waals surface area contributed by atoms with Gasteiger partial charge < -0.3 is 15.0 Å². The van der Waals surface area contributed by atoms with Gasteiger partial charge in [-0.2, -0.15) is 0 Å². The summed E-state index contributed by atoms with van der Waals surface area (Å²) in [6.07, 6.45) is 7.34. The number of amides is 1. The molecule has 3 heterocycles. The number of ether oxygens (including phenoxy) is 1. The Morgan fingerprint density at radius 2 is 1.96 bits per heavy atom. The summed E-state index contributed by atoms with van der Waals surface area (Å²) >= 11 is 6.37. The normalized spacial score (nSPS) is 20.0. The molecule has 2 aliphatic rings. The summed E-state index contributed by atoms with van der Waals surface area (Å²) in [5.74, 6) is 0.523. The maximum absolute atomic E-state index is 12.6. The number of anilines is 1. The van der Waals surface area contributed by atoms with E-state index in [-0.39, 0.29) is 11.7 Å². The van der Waals surface area contributed by atoms with Crippen molar-refractivity contribution in [2.45, 2.75) is 32.1 Å². The van der Waals surface area contributed by atoms with Gasteiger partial charge in [-0.25, -0.2) is 13.4 Å². The van der Waals surface area contributed by atoms with Crippen molar-refractivity contribution in [1.29, 1.82) is 0 Å². The van der Waals surface area contributed by atoms with Gasteiger partial charge >= 0.3 is 0 Å². The second kappa shape index (κ2) is 8.97. The number of sulfone groups is 1. The predicted molar refractivity (Wildman–Crippen MR) is 110 cm³/mol. The van der Waals surface area contributed by atoms with Gasteiger partial charge in [0.15, 0.2) is 0 Å². The van der Waals surface area contributed by atoms with Crippen LogP contribution in [0.1, 0.15) is 42.5 Å². The summed E-state index contributed by atoms with van der Waals surface area (Å²) in [4.78, 5) is 18.8. The quantitative estimate of drug-likeness (QED) is 0.747. The minimum atomic E-state index is -3.13. The molecule has 2 saturated heterocycles. The Kier molecular flexibility index (Phi) is 6.83. The molecule has 28 heavy (non-hydrogen) atoms. The zero-order valence-electron chi connectivity index (χ0n) is 16.2. The minimum absolute atomic E-state index is 0.0429. The first-order chi connectivity index (χ1) is 13.3. The molecule has 156 valence electrons. The molecule has 9 heteroatoms. The molecule has 0 spiro atoms. The number of hydrogen-bond acceptors (Lipinski definition) is 6. The Balaban J connectivity index is 1.69. The number of halogens is 1. The fraction of sp³-hybridized carbons (Fsp3) is 0.684. The van der Waals surface area contributed by atoms with Crippen LogP contribution in [0.4, 0.5) is 5.82 Å². The zero-order chi connectivity index (χ0) is 20.2. The van der Waals surface area contributed by atoms with Crippen LogP contribution >= 0.6 is 11.6 Å². The molecule has 1 aromatic rings. The van der Waals surface area contributed by atoms with Gasteiger partial charge in [0, 0.05) is 50.7 Å². The van der Waals surface area contributed by atoms with Crippen molar-refractivity contribution < 1.29 is 17.9 Å². The van der Waals surface area contributed by atoms with Gasteiger partial charge in [0.1, 0.15) is 15.7 Å². The number of carbonyl (C=O) groups excluding carboxylic acids is 1. The largest absolute Gasteiger partial charge is 0.381 e. The molecule has 1 aromatic heterocycles. The van der Waals surface area contributed by atoms with E-state index in [0.29, 0.717) is 49.0 Å². The lowest BCUT2D eigenvalue weighted by Crippen LogP contribution is -2.41. The Morgan fingerprint density at radius 1 is 1.29 bits per heavy atom. The number of rotatable bonds is 6. The van der Waals surface area contributed by atoms with E-state index in [1.165, 1.54) is 6.26 Å². The third kappa shape index (κ3) is 5.58. The van der Waals surface area contributed by atoms with E-state index in [4.69, 9.17) is 16.3 Å². The number of carbonyl (C=O) groups is 1. The SMILES string of the molecule is CS(=O)(=O)CC1(CNc2ncc(C(=O)N3CCCCC3)cc2Cl)CCOCC1. The summed E-state index contributed by atoms with van der Waals surface area (Å²) in [6, 6.07) is 1.64. The van der Waals surface area contributed by atoms with E-state index in [9.17, 15) is 13.2 Å². The van der Waals surface area contributed by atoms with Gasteiger partial charge in [-0.05, 0) is 38.2 Å². The summed E-state index contributed by atoms with van der Waals surface area (Å²) in [7, 11) is -3.13. The number of nitrogens with zero attached hydrogens (tertiary/aromatic N) is 2. The fourth-order valence-electron chi connectivity index (χ4n) is 3.97. The van der Waals surface area contributed by atoms with Gasteiger partial charge in [-0.3, -0.25) is 4.79 Å². The second-order valence-corrected chi connectivity index (χ2v) is 10.5. The zero-order valence-corrected chi connectivity index (χ0v) is 17.8. The molecule has 7 nitrogen and oxygen atoms in total. The molecule has 2 fully saturated rings. The highest BCUT2D eigenvalue weighted by molar-refractivity contribution is 7.90. The number of hydrogen-bond donors (Lipinski definition) is 1. The maximum Gasteiger partial charge on any atom is 0.255 e. The number of likely N-dealkylation sites (tertiary alicyclic amines) is 1. The van der Waals surface area contributed by atoms with Crippen molar-refractivity contribution in [3.05, 3.63) is 22.8 Å². The predicted octanol–water partition coefficient (Wildman–Crippen LogP) is 2.61. The lowest BCUT2D eigenvalue weighted by molar-refractivity contribution is 0.0315. The van der Waals surface area contributed by atoms with Gasteiger partial charge in [0.2, 0.25) is 0 Å². The van der Waals surface area contributed by atoms with Crippen LogP contribution in [0.15, 0.2) is 12.3 Å². The molecular weight excluding hydrogens is 402 g/mol. The molecular formula is C19H28ClN3O4S. The van der Waals surface area contributed by atoms with Gasteiger partial charge in [0.05, 0.1) is 16.3 Å². The molecule has 2 aliphatic heterocycles. The summed E-state index contributed by atoms with van der Waals surface area (Å²) in [5, 5.41) is 3.57. The smallest absolute Gasteiger partial charge is 0.255 e. The van der Waals surface area contributed by atoms with Gasteiger partial charge in [-0.1, -0.05) is 11.6 Å². The van der Waals surface area contributed by atoms with Crippen LogP contribution in [-0.2, 0) is 14.6 Å². The Labute approximate surface area is 171 Å². The van der Waals surface area contributed by atoms with Crippen molar-refractivity contribution in [1.82, 2.24) is 9.88 Å². The second-order valence-electron chi connectivity index (χ2n) is 7.94. The number of pyridine rings is 1. The summed E-state index contributed by atoms with van der Waals surface area (Å²) < 4.78 is 29.2. The van der Waals surface area contributed by atoms with Crippen LogP contribution < -0.4 is 5.32 Å². The van der Waals surface area contributed by atoms with Crippen molar-refractivity contribution >= 4 is 33.2 Å². The first-order valence-electron chi connectivity index (χ1n) is 9.72. The Morgan fingerprint density at radius 3 is 2.57 bits per heavy atom. The third-order valence-electron chi connectivity index (χ3n) is 5.48. The minimum Gasteiger partial charge on any atom is -0.381 e. The average molecular weight is 430 g/mol. The van der Waals surface area contributed by atoms with Crippen LogP contribution in [0.5, 0.6) is 0 Å². The number of piperidine rings is 1. The van der Waals surface area contributed by atoms with Crippen LogP contribution in [0.25, 0.3) is 0 Å². The molecule has 0 aromatic carbocycles. The van der Waals surface area contributed by atoms with Crippen LogP contribution in [0.2, 0.25) is 5.02 Å². The fourth-order valence-corrected chi connectivity index (χ4v) is 5.70. The highest BCUT2D eigenvalue weighted by Crippen LogP contribution is 2.33. The van der Waals surface area contributed by atoms with Gasteiger partial charge in [-0.15, -0.1) is 0 Å². The summed E-state index contributed by atoms with van der Waals surface area (Å²) in [6.45, 7) is 3.07. The molecule has 0 bridgehead atoms. The van der Waals surface area contributed by atoms with Crippen LogP contribution in [0, 0.1) is 5.41 Å². The van der Waals surface area contributed by atoms with E-state index >= 15 is 0 Å². The molecule has 1 amide bonds. The molecule has 0 atom stereocenters. The van der Waals surface area contributed by atoms with Crippen molar-refractivity contribution in [2.75, 3.05) is 50.2 Å². The van der Waals surface area contributed by atoms with Crippen molar-refractivity contribution in [3.63, 3.8) is 0 Å². The maximum atomic E-state index is 12.6. The molecule has 0 unspecified atom stereocenters. The van der Waals surface area contributed by atoms with E-state index in [2.05, 4.69) is 10.3 Å². The molecule has 0 radical (unpaired) electrons. The van der Waals surface area contributed by atoms with Crippen molar-refractivity contribution in [2.24, 2.45) is 5.41 Å². The lowest BCUT2D eigenvalue weighted by atomic mass is 9.82. The topological polar surface area (TPSA) is 88.6 Å². The van der Waals surface area contributed by atoms with Crippen LogP contribution in [0.3, 0.4) is 0 Å². The van der Waals surface area contributed by atoms with E-state index in [1.54, 1.807) is 12.3 Å². The Hall–Kier alpha value is -1.38. The van der Waals surface area contributed by atoms with E-state index in [0.717, 1.165) is 32.4 Å². The lowest BCUT2D eigenvalue weighted by Gasteiger charge is -2.36. The highest BCUT2D eigenvalue weighted by Gasteiger charge is 2.36. The molecule has 0 saturated carbocycles. The molecule has 0 aliphatic carbocycles. The highest BCUT2D eigenvalue weighted by atomic mass is 35.5. The standard InChI is InChI=1S/C19H28ClN3O4S/c1-28(25,26)14-19(5-9-27-10-6-19)13-22-17-16(20)11-15(12-21-17)18(24)23-7-3-2-4-8-23/h11-12H,2-10,13-14H2,1H3,(H,21,22). The average Bonchev–Trinajstić information content (AvgIpc) is 2.66. The molecule has 1 N–H and O–H groups in total. The first-order valence-corrected chi connectivity index (χ1v) is 12.2. The first kappa shape index (κ1) is 21.3. The van der Waals surface area contributed by atoms with E-state index < -0.39 is 15.3 Å². The Bertz CT molecular complexity index is 803.